The van der Waals surface area contributed by atoms with Crippen LogP contribution in [0.5, 0.6) is 11.5 Å². The molecule has 0 saturated heterocycles. The summed E-state index contributed by atoms with van der Waals surface area (Å²) < 4.78 is 10.4. The first-order valence-corrected chi connectivity index (χ1v) is 6.78. The minimum Gasteiger partial charge on any atom is -0.493 e. The van der Waals surface area contributed by atoms with Crippen LogP contribution in [0.25, 0.3) is 10.8 Å². The van der Waals surface area contributed by atoms with Crippen molar-refractivity contribution in [2.24, 2.45) is 5.92 Å². The van der Waals surface area contributed by atoms with Gasteiger partial charge in [-0.1, -0.05) is 26.8 Å². The van der Waals surface area contributed by atoms with E-state index in [1.54, 1.807) is 38.5 Å². The van der Waals surface area contributed by atoms with Crippen molar-refractivity contribution in [2.75, 3.05) is 14.2 Å². The van der Waals surface area contributed by atoms with Crippen LogP contribution in [-0.2, 0) is 0 Å². The molecule has 0 aliphatic carbocycles. The molecule has 2 aromatic carbocycles. The van der Waals surface area contributed by atoms with Crippen LogP contribution in [0.15, 0.2) is 30.3 Å². The quantitative estimate of drug-likeness (QED) is 0.919. The summed E-state index contributed by atoms with van der Waals surface area (Å²) in [6.45, 7) is 6.50. The first kappa shape index (κ1) is 16.8. The summed E-state index contributed by atoms with van der Waals surface area (Å²) in [6.07, 6.45) is 0. The first-order chi connectivity index (χ1) is 9.88. The van der Waals surface area contributed by atoms with Gasteiger partial charge in [0.15, 0.2) is 11.5 Å². The number of fused-ring (bicyclic) bond motifs is 1. The number of carboxylic acids is 1. The molecule has 0 aromatic heterocycles. The highest BCUT2D eigenvalue weighted by Crippen LogP contribution is 2.32. The van der Waals surface area contributed by atoms with E-state index < -0.39 is 5.97 Å². The van der Waals surface area contributed by atoms with E-state index in [1.165, 1.54) is 0 Å². The molecule has 0 bridgehead atoms. The van der Waals surface area contributed by atoms with Gasteiger partial charge in [0.25, 0.3) is 0 Å². The van der Waals surface area contributed by atoms with Crippen LogP contribution < -0.4 is 9.47 Å². The second-order valence-electron chi connectivity index (χ2n) is 5.31. The van der Waals surface area contributed by atoms with Gasteiger partial charge in [0.1, 0.15) is 0 Å². The summed E-state index contributed by atoms with van der Waals surface area (Å²) >= 11 is 0. The molecular weight excluding hydrogens is 268 g/mol. The molecule has 0 spiro atoms. The Labute approximate surface area is 125 Å². The molecule has 1 N–H and O–H groups in total. The Bertz CT molecular complexity index is 615. The Kier molecular flexibility index (Phi) is 6.03. The average Bonchev–Trinajstić information content (AvgIpc) is 2.44. The van der Waals surface area contributed by atoms with E-state index in [4.69, 9.17) is 14.6 Å². The van der Waals surface area contributed by atoms with Crippen LogP contribution >= 0.6 is 0 Å². The first-order valence-electron chi connectivity index (χ1n) is 6.78. The van der Waals surface area contributed by atoms with Crippen LogP contribution in [0.1, 0.15) is 31.1 Å². The molecule has 0 fully saturated rings. The molecule has 2 rings (SSSR count). The van der Waals surface area contributed by atoms with Crippen molar-refractivity contribution in [1.29, 1.82) is 0 Å². The Balaban J connectivity index is 0.000000491. The van der Waals surface area contributed by atoms with Gasteiger partial charge in [0.2, 0.25) is 0 Å². The van der Waals surface area contributed by atoms with Gasteiger partial charge in [0, 0.05) is 0 Å². The van der Waals surface area contributed by atoms with Crippen LogP contribution in [0, 0.1) is 5.92 Å². The second-order valence-corrected chi connectivity index (χ2v) is 5.31. The summed E-state index contributed by atoms with van der Waals surface area (Å²) in [6, 6.07) is 8.51. The molecular formula is C17H22O4. The third-order valence-corrected chi connectivity index (χ3v) is 2.59. The molecule has 114 valence electrons. The Morgan fingerprint density at radius 2 is 1.43 bits per heavy atom. The van der Waals surface area contributed by atoms with Gasteiger partial charge in [-0.2, -0.15) is 0 Å². The maximum atomic E-state index is 10.9. The van der Waals surface area contributed by atoms with Crippen molar-refractivity contribution in [1.82, 2.24) is 0 Å². The zero-order chi connectivity index (χ0) is 16.0. The van der Waals surface area contributed by atoms with E-state index >= 15 is 0 Å². The van der Waals surface area contributed by atoms with Crippen molar-refractivity contribution in [3.8, 4) is 11.5 Å². The molecule has 0 unspecified atom stereocenters. The average molecular weight is 290 g/mol. The minimum absolute atomic E-state index is 0.254. The largest absolute Gasteiger partial charge is 0.493 e. The van der Waals surface area contributed by atoms with Gasteiger partial charge in [-0.25, -0.2) is 4.79 Å². The number of hydrogen-bond acceptors (Lipinski definition) is 3. The van der Waals surface area contributed by atoms with Crippen molar-refractivity contribution in [2.45, 2.75) is 20.8 Å². The molecule has 0 radical (unpaired) electrons. The zero-order valence-corrected chi connectivity index (χ0v) is 13.1. The van der Waals surface area contributed by atoms with Gasteiger partial charge in [-0.3, -0.25) is 0 Å². The summed E-state index contributed by atoms with van der Waals surface area (Å²) in [5, 5.41) is 10.6. The molecule has 0 aliphatic rings. The van der Waals surface area contributed by atoms with E-state index in [0.717, 1.165) is 16.7 Å². The van der Waals surface area contributed by atoms with Crippen LogP contribution in [-0.4, -0.2) is 25.3 Å². The topological polar surface area (TPSA) is 55.8 Å². The van der Waals surface area contributed by atoms with Crippen LogP contribution in [0.3, 0.4) is 0 Å². The Morgan fingerprint density at radius 1 is 0.952 bits per heavy atom. The normalized spacial score (nSPS) is 10.0. The number of hydrogen-bond donors (Lipinski definition) is 1. The van der Waals surface area contributed by atoms with Crippen molar-refractivity contribution in [3.05, 3.63) is 35.9 Å². The highest BCUT2D eigenvalue weighted by molar-refractivity contribution is 5.95. The van der Waals surface area contributed by atoms with Crippen molar-refractivity contribution >= 4 is 16.7 Å². The molecule has 0 heterocycles. The van der Waals surface area contributed by atoms with Gasteiger partial charge in [0.05, 0.1) is 19.8 Å². The third kappa shape index (κ3) is 4.67. The smallest absolute Gasteiger partial charge is 0.335 e. The number of aromatic carboxylic acids is 1. The van der Waals surface area contributed by atoms with E-state index in [0.29, 0.717) is 11.5 Å². The molecule has 2 aromatic rings. The Morgan fingerprint density at radius 3 is 1.86 bits per heavy atom. The zero-order valence-electron chi connectivity index (χ0n) is 13.1. The van der Waals surface area contributed by atoms with Gasteiger partial charge >= 0.3 is 5.97 Å². The predicted molar refractivity (Wildman–Crippen MR) is 84.5 cm³/mol. The minimum atomic E-state index is -0.943. The van der Waals surface area contributed by atoms with Gasteiger partial charge < -0.3 is 14.6 Å². The fourth-order valence-corrected chi connectivity index (χ4v) is 1.71. The lowest BCUT2D eigenvalue weighted by molar-refractivity contribution is 0.0697. The predicted octanol–water partition coefficient (Wildman–Crippen LogP) is 4.22. The lowest BCUT2D eigenvalue weighted by Gasteiger charge is -2.09. The SMILES string of the molecule is CC(C)C.COc1cc2ccc(C(=O)O)cc2cc1OC. The summed E-state index contributed by atoms with van der Waals surface area (Å²) in [5.41, 5.74) is 0.254. The van der Waals surface area contributed by atoms with Crippen molar-refractivity contribution in [3.63, 3.8) is 0 Å². The van der Waals surface area contributed by atoms with E-state index in [2.05, 4.69) is 20.8 Å². The molecule has 4 nitrogen and oxygen atoms in total. The molecule has 4 heteroatoms. The summed E-state index contributed by atoms with van der Waals surface area (Å²) in [7, 11) is 3.11. The van der Waals surface area contributed by atoms with Crippen LogP contribution in [0.4, 0.5) is 0 Å². The van der Waals surface area contributed by atoms with E-state index in [-0.39, 0.29) is 5.56 Å². The number of rotatable bonds is 3. The van der Waals surface area contributed by atoms with E-state index in [1.807, 2.05) is 6.07 Å². The maximum Gasteiger partial charge on any atom is 0.335 e. The number of methoxy groups -OCH3 is 2. The maximum absolute atomic E-state index is 10.9. The van der Waals surface area contributed by atoms with Gasteiger partial charge in [-0.15, -0.1) is 0 Å². The van der Waals surface area contributed by atoms with Crippen molar-refractivity contribution < 1.29 is 19.4 Å². The molecule has 21 heavy (non-hydrogen) atoms. The lowest BCUT2D eigenvalue weighted by Crippen LogP contribution is -1.96. The van der Waals surface area contributed by atoms with Crippen LogP contribution in [0.2, 0.25) is 0 Å². The van der Waals surface area contributed by atoms with E-state index in [9.17, 15) is 4.79 Å². The molecule has 0 amide bonds. The highest BCUT2D eigenvalue weighted by atomic mass is 16.5. The Hall–Kier alpha value is -2.23. The highest BCUT2D eigenvalue weighted by Gasteiger charge is 2.08. The second kappa shape index (κ2) is 7.53. The third-order valence-electron chi connectivity index (χ3n) is 2.59. The number of benzene rings is 2. The number of carboxylic acid groups (broad SMARTS) is 1. The lowest BCUT2D eigenvalue weighted by atomic mass is 10.1. The monoisotopic (exact) mass is 290 g/mol. The molecule has 0 aliphatic heterocycles. The standard InChI is InChI=1S/C13H12O4.C4H10/c1-16-11-6-8-3-4-9(13(14)15)5-10(8)7-12(11)17-2;1-4(2)3/h3-7H,1-2H3,(H,14,15);4H,1-3H3. The fraction of sp³-hybridized carbons (Fsp3) is 0.353. The summed E-state index contributed by atoms with van der Waals surface area (Å²) in [5.74, 6) is 1.10. The molecule has 0 atom stereocenters. The number of ether oxygens (including phenoxy) is 2. The number of carbonyl (C=O) groups is 1. The fourth-order valence-electron chi connectivity index (χ4n) is 1.71. The van der Waals surface area contributed by atoms with Gasteiger partial charge in [-0.05, 0) is 41.0 Å². The molecule has 0 saturated carbocycles. The summed E-state index contributed by atoms with van der Waals surface area (Å²) in [4.78, 5) is 10.9.